The number of hydrogen-bond acceptors (Lipinski definition) is 4. The van der Waals surface area contributed by atoms with Crippen LogP contribution in [0, 0.1) is 6.92 Å². The molecule has 1 heterocycles. The molecule has 4 nitrogen and oxygen atoms in total. The molecule has 14 heavy (non-hydrogen) atoms. The van der Waals surface area contributed by atoms with Crippen molar-refractivity contribution in [3.63, 3.8) is 0 Å². The van der Waals surface area contributed by atoms with Crippen LogP contribution in [-0.2, 0) is 4.74 Å². The van der Waals surface area contributed by atoms with Crippen molar-refractivity contribution in [2.24, 2.45) is 0 Å². The SMILES string of the molecule is COCOc1ccc2c(c1C)OCO2. The van der Waals surface area contributed by atoms with Crippen molar-refractivity contribution in [1.82, 2.24) is 0 Å². The first-order valence-corrected chi connectivity index (χ1v) is 4.34. The van der Waals surface area contributed by atoms with Gasteiger partial charge < -0.3 is 18.9 Å². The van der Waals surface area contributed by atoms with Crippen molar-refractivity contribution in [1.29, 1.82) is 0 Å². The van der Waals surface area contributed by atoms with Gasteiger partial charge in [-0.2, -0.15) is 0 Å². The van der Waals surface area contributed by atoms with Crippen LogP contribution in [-0.4, -0.2) is 20.7 Å². The number of ether oxygens (including phenoxy) is 4. The second-order valence-electron chi connectivity index (χ2n) is 2.97. The molecule has 0 radical (unpaired) electrons. The average molecular weight is 196 g/mol. The van der Waals surface area contributed by atoms with E-state index in [1.54, 1.807) is 7.11 Å². The predicted octanol–water partition coefficient (Wildman–Crippen LogP) is 1.71. The van der Waals surface area contributed by atoms with Crippen molar-refractivity contribution >= 4 is 0 Å². The zero-order valence-corrected chi connectivity index (χ0v) is 8.20. The third-order valence-corrected chi connectivity index (χ3v) is 2.07. The Hall–Kier alpha value is -1.42. The zero-order valence-electron chi connectivity index (χ0n) is 8.20. The molecule has 2 rings (SSSR count). The minimum atomic E-state index is 0.237. The summed E-state index contributed by atoms with van der Waals surface area (Å²) in [6, 6.07) is 3.68. The van der Waals surface area contributed by atoms with E-state index in [1.807, 2.05) is 19.1 Å². The Balaban J connectivity index is 2.26. The Morgan fingerprint density at radius 2 is 2.21 bits per heavy atom. The van der Waals surface area contributed by atoms with Crippen LogP contribution >= 0.6 is 0 Å². The van der Waals surface area contributed by atoms with E-state index in [0.29, 0.717) is 0 Å². The van der Waals surface area contributed by atoms with Gasteiger partial charge in [0.2, 0.25) is 6.79 Å². The molecule has 4 heteroatoms. The van der Waals surface area contributed by atoms with Gasteiger partial charge in [-0.15, -0.1) is 0 Å². The Bertz CT molecular complexity index is 335. The molecular weight excluding hydrogens is 184 g/mol. The molecule has 1 aromatic rings. The predicted molar refractivity (Wildman–Crippen MR) is 49.8 cm³/mol. The van der Waals surface area contributed by atoms with Crippen LogP contribution in [0.2, 0.25) is 0 Å². The minimum absolute atomic E-state index is 0.237. The fourth-order valence-corrected chi connectivity index (χ4v) is 1.37. The van der Waals surface area contributed by atoms with Crippen molar-refractivity contribution in [2.45, 2.75) is 6.92 Å². The van der Waals surface area contributed by atoms with Gasteiger partial charge in [0.25, 0.3) is 0 Å². The maximum atomic E-state index is 5.35. The molecule has 1 aliphatic rings. The highest BCUT2D eigenvalue weighted by Gasteiger charge is 2.18. The highest BCUT2D eigenvalue weighted by molar-refractivity contribution is 5.54. The van der Waals surface area contributed by atoms with E-state index in [9.17, 15) is 0 Å². The molecule has 0 fully saturated rings. The average Bonchev–Trinajstić information content (AvgIpc) is 2.66. The van der Waals surface area contributed by atoms with Crippen molar-refractivity contribution in [3.05, 3.63) is 17.7 Å². The molecule has 76 valence electrons. The van der Waals surface area contributed by atoms with Crippen molar-refractivity contribution in [2.75, 3.05) is 20.7 Å². The summed E-state index contributed by atoms with van der Waals surface area (Å²) in [5, 5.41) is 0. The van der Waals surface area contributed by atoms with Gasteiger partial charge >= 0.3 is 0 Å². The first-order chi connectivity index (χ1) is 6.83. The Morgan fingerprint density at radius 3 is 3.00 bits per heavy atom. The third-order valence-electron chi connectivity index (χ3n) is 2.07. The van der Waals surface area contributed by atoms with E-state index in [0.717, 1.165) is 22.8 Å². The number of fused-ring (bicyclic) bond motifs is 1. The van der Waals surface area contributed by atoms with Gasteiger partial charge in [0.15, 0.2) is 18.3 Å². The highest BCUT2D eigenvalue weighted by Crippen LogP contribution is 2.39. The molecule has 0 atom stereocenters. The lowest BCUT2D eigenvalue weighted by Gasteiger charge is -2.09. The van der Waals surface area contributed by atoms with E-state index >= 15 is 0 Å². The summed E-state index contributed by atoms with van der Waals surface area (Å²) in [5.74, 6) is 2.29. The van der Waals surface area contributed by atoms with Gasteiger partial charge in [0, 0.05) is 12.7 Å². The van der Waals surface area contributed by atoms with E-state index < -0.39 is 0 Å². The molecule has 0 amide bonds. The number of rotatable bonds is 3. The second kappa shape index (κ2) is 3.75. The van der Waals surface area contributed by atoms with Gasteiger partial charge in [-0.25, -0.2) is 0 Å². The molecule has 0 spiro atoms. The Labute approximate surface area is 82.3 Å². The van der Waals surface area contributed by atoms with Crippen LogP contribution < -0.4 is 14.2 Å². The van der Waals surface area contributed by atoms with Gasteiger partial charge in [-0.05, 0) is 19.1 Å². The molecule has 0 aliphatic carbocycles. The van der Waals surface area contributed by atoms with Crippen LogP contribution in [0.4, 0.5) is 0 Å². The van der Waals surface area contributed by atoms with Crippen LogP contribution in [0.15, 0.2) is 12.1 Å². The fourth-order valence-electron chi connectivity index (χ4n) is 1.37. The second-order valence-corrected chi connectivity index (χ2v) is 2.97. The summed E-state index contributed by atoms with van der Waals surface area (Å²) < 4.78 is 20.7. The van der Waals surface area contributed by atoms with Gasteiger partial charge in [-0.1, -0.05) is 0 Å². The Kier molecular flexibility index (Phi) is 2.45. The normalized spacial score (nSPS) is 13.0. The summed E-state index contributed by atoms with van der Waals surface area (Å²) in [6.45, 7) is 2.45. The quantitative estimate of drug-likeness (QED) is 0.689. The van der Waals surface area contributed by atoms with Crippen molar-refractivity contribution < 1.29 is 18.9 Å². The summed E-state index contributed by atoms with van der Waals surface area (Å²) >= 11 is 0. The maximum absolute atomic E-state index is 5.35. The first-order valence-electron chi connectivity index (χ1n) is 4.34. The van der Waals surface area contributed by atoms with Crippen LogP contribution in [0.25, 0.3) is 0 Å². The van der Waals surface area contributed by atoms with E-state index in [1.165, 1.54) is 0 Å². The number of benzene rings is 1. The summed E-state index contributed by atoms with van der Waals surface area (Å²) in [4.78, 5) is 0. The first kappa shape index (κ1) is 9.15. The van der Waals surface area contributed by atoms with E-state index in [2.05, 4.69) is 0 Å². The van der Waals surface area contributed by atoms with Gasteiger partial charge in [0.05, 0.1) is 0 Å². The summed E-state index contributed by atoms with van der Waals surface area (Å²) in [7, 11) is 1.59. The molecule has 0 saturated carbocycles. The maximum Gasteiger partial charge on any atom is 0.231 e. The fraction of sp³-hybridized carbons (Fsp3) is 0.400. The molecule has 0 aromatic heterocycles. The van der Waals surface area contributed by atoms with Crippen LogP contribution in [0.5, 0.6) is 17.2 Å². The smallest absolute Gasteiger partial charge is 0.231 e. The number of methoxy groups -OCH3 is 1. The largest absolute Gasteiger partial charge is 0.467 e. The summed E-state index contributed by atoms with van der Waals surface area (Å²) in [6.07, 6.45) is 0. The zero-order chi connectivity index (χ0) is 9.97. The van der Waals surface area contributed by atoms with Gasteiger partial charge in [-0.3, -0.25) is 0 Å². The molecule has 1 aliphatic heterocycles. The van der Waals surface area contributed by atoms with Crippen LogP contribution in [0.3, 0.4) is 0 Å². The lowest BCUT2D eigenvalue weighted by molar-refractivity contribution is 0.0505. The molecule has 0 unspecified atom stereocenters. The standard InChI is InChI=1S/C10H12O4/c1-7-8(12-5-11-2)3-4-9-10(7)14-6-13-9/h3-4H,5-6H2,1-2H3. The Morgan fingerprint density at radius 1 is 1.36 bits per heavy atom. The monoisotopic (exact) mass is 196 g/mol. The molecule has 0 saturated heterocycles. The number of hydrogen-bond donors (Lipinski definition) is 0. The molecule has 0 N–H and O–H groups in total. The third kappa shape index (κ3) is 1.48. The lowest BCUT2D eigenvalue weighted by atomic mass is 10.2. The van der Waals surface area contributed by atoms with Crippen LogP contribution in [0.1, 0.15) is 5.56 Å². The minimum Gasteiger partial charge on any atom is -0.467 e. The van der Waals surface area contributed by atoms with E-state index in [-0.39, 0.29) is 13.6 Å². The molecular formula is C10H12O4. The van der Waals surface area contributed by atoms with E-state index in [4.69, 9.17) is 18.9 Å². The highest BCUT2D eigenvalue weighted by atomic mass is 16.7. The lowest BCUT2D eigenvalue weighted by Crippen LogP contribution is -2.00. The van der Waals surface area contributed by atoms with Crippen molar-refractivity contribution in [3.8, 4) is 17.2 Å². The van der Waals surface area contributed by atoms with Gasteiger partial charge in [0.1, 0.15) is 5.75 Å². The molecule has 0 bridgehead atoms. The topological polar surface area (TPSA) is 36.9 Å². The molecule has 1 aromatic carbocycles. The summed E-state index contributed by atoms with van der Waals surface area (Å²) in [5.41, 5.74) is 0.942.